The van der Waals surface area contributed by atoms with Crippen molar-refractivity contribution in [1.29, 1.82) is 0 Å². The van der Waals surface area contributed by atoms with Gasteiger partial charge in [-0.2, -0.15) is 0 Å². The van der Waals surface area contributed by atoms with Crippen LogP contribution in [0.15, 0.2) is 59.0 Å². The van der Waals surface area contributed by atoms with Gasteiger partial charge in [-0.15, -0.1) is 0 Å². The highest BCUT2D eigenvalue weighted by molar-refractivity contribution is 6.07. The Bertz CT molecular complexity index is 1190. The number of aryl methyl sites for hydroxylation is 1. The third-order valence-electron chi connectivity index (χ3n) is 5.02. The molecule has 1 amide bonds. The Morgan fingerprint density at radius 1 is 0.867 bits per heavy atom. The molecule has 4 rings (SSSR count). The summed E-state index contributed by atoms with van der Waals surface area (Å²) in [5.41, 5.74) is 3.04. The molecular weight excluding hydrogens is 382 g/mol. The number of carbonyl (C=O) groups excluding carboxylic acids is 1. The van der Waals surface area contributed by atoms with E-state index in [-0.39, 0.29) is 5.91 Å². The Hall–Kier alpha value is -3.67. The van der Waals surface area contributed by atoms with E-state index in [0.29, 0.717) is 41.4 Å². The van der Waals surface area contributed by atoms with Crippen molar-refractivity contribution in [2.24, 2.45) is 0 Å². The van der Waals surface area contributed by atoms with Crippen molar-refractivity contribution in [3.8, 4) is 17.2 Å². The van der Waals surface area contributed by atoms with E-state index in [2.05, 4.69) is 5.32 Å². The van der Waals surface area contributed by atoms with Gasteiger partial charge in [-0.05, 0) is 36.2 Å². The fraction of sp³-hybridized carbons (Fsp3) is 0.208. The second kappa shape index (κ2) is 8.37. The second-order valence-electron chi connectivity index (χ2n) is 6.92. The van der Waals surface area contributed by atoms with E-state index in [1.807, 2.05) is 42.5 Å². The molecule has 0 aliphatic rings. The molecule has 3 aromatic carbocycles. The molecule has 30 heavy (non-hydrogen) atoms. The Morgan fingerprint density at radius 3 is 2.30 bits per heavy atom. The first-order chi connectivity index (χ1) is 14.6. The predicted octanol–water partition coefficient (Wildman–Crippen LogP) is 5.18. The molecule has 0 aliphatic carbocycles. The molecule has 4 aromatic rings. The zero-order chi connectivity index (χ0) is 21.1. The monoisotopic (exact) mass is 405 g/mol. The van der Waals surface area contributed by atoms with Crippen LogP contribution in [0.4, 0.5) is 5.69 Å². The number of hydrogen-bond donors (Lipinski definition) is 1. The molecule has 1 aromatic heterocycles. The summed E-state index contributed by atoms with van der Waals surface area (Å²) in [6.45, 7) is 0. The van der Waals surface area contributed by atoms with Gasteiger partial charge in [0.15, 0.2) is 0 Å². The lowest BCUT2D eigenvalue weighted by atomic mass is 10.1. The van der Waals surface area contributed by atoms with E-state index in [0.717, 1.165) is 21.9 Å². The fourth-order valence-electron chi connectivity index (χ4n) is 3.50. The Kier molecular flexibility index (Phi) is 5.48. The highest BCUT2D eigenvalue weighted by atomic mass is 16.5. The van der Waals surface area contributed by atoms with Crippen LogP contribution >= 0.6 is 0 Å². The van der Waals surface area contributed by atoms with Gasteiger partial charge < -0.3 is 23.9 Å². The topological polar surface area (TPSA) is 69.9 Å². The average Bonchev–Trinajstić information content (AvgIpc) is 3.14. The summed E-state index contributed by atoms with van der Waals surface area (Å²) in [5, 5.41) is 4.90. The number of benzene rings is 3. The highest BCUT2D eigenvalue weighted by Crippen LogP contribution is 2.36. The van der Waals surface area contributed by atoms with E-state index in [1.54, 1.807) is 33.5 Å². The van der Waals surface area contributed by atoms with Crippen LogP contribution in [-0.4, -0.2) is 27.2 Å². The average molecular weight is 405 g/mol. The van der Waals surface area contributed by atoms with Gasteiger partial charge in [-0.25, -0.2) is 0 Å². The fourth-order valence-corrected chi connectivity index (χ4v) is 3.50. The standard InChI is InChI=1S/C24H23NO5/c1-27-16-10-15(11-17(12-16)28-2)8-9-24(26)25-20-14-22-19(13-23(20)29-3)18-6-4-5-7-21(18)30-22/h4-7,10-14H,8-9H2,1-3H3,(H,25,26). The molecule has 6 nitrogen and oxygen atoms in total. The first kappa shape index (κ1) is 19.6. The van der Waals surface area contributed by atoms with E-state index in [1.165, 1.54) is 0 Å². The number of para-hydroxylation sites is 1. The number of amides is 1. The highest BCUT2D eigenvalue weighted by Gasteiger charge is 2.14. The van der Waals surface area contributed by atoms with Crippen molar-refractivity contribution >= 4 is 33.5 Å². The van der Waals surface area contributed by atoms with Gasteiger partial charge in [0, 0.05) is 29.3 Å². The maximum atomic E-state index is 12.6. The van der Waals surface area contributed by atoms with Gasteiger partial charge in [0.2, 0.25) is 5.91 Å². The summed E-state index contributed by atoms with van der Waals surface area (Å²) in [5.74, 6) is 1.86. The molecule has 0 bridgehead atoms. The second-order valence-corrected chi connectivity index (χ2v) is 6.92. The van der Waals surface area contributed by atoms with Crippen LogP contribution in [-0.2, 0) is 11.2 Å². The number of ether oxygens (including phenoxy) is 3. The molecule has 0 fully saturated rings. The number of hydrogen-bond acceptors (Lipinski definition) is 5. The van der Waals surface area contributed by atoms with Crippen LogP contribution in [0.2, 0.25) is 0 Å². The van der Waals surface area contributed by atoms with Crippen LogP contribution in [0.3, 0.4) is 0 Å². The molecular formula is C24H23NO5. The minimum absolute atomic E-state index is 0.120. The van der Waals surface area contributed by atoms with Gasteiger partial charge >= 0.3 is 0 Å². The van der Waals surface area contributed by atoms with Crippen LogP contribution < -0.4 is 19.5 Å². The lowest BCUT2D eigenvalue weighted by Gasteiger charge is -2.11. The SMILES string of the molecule is COc1cc(CCC(=O)Nc2cc3oc4ccccc4c3cc2OC)cc(OC)c1. The van der Waals surface area contributed by atoms with Crippen molar-refractivity contribution in [2.45, 2.75) is 12.8 Å². The van der Waals surface area contributed by atoms with E-state index in [9.17, 15) is 4.79 Å². The molecule has 154 valence electrons. The van der Waals surface area contributed by atoms with E-state index >= 15 is 0 Å². The largest absolute Gasteiger partial charge is 0.497 e. The van der Waals surface area contributed by atoms with Crippen molar-refractivity contribution < 1.29 is 23.4 Å². The number of nitrogens with one attached hydrogen (secondary N) is 1. The number of anilines is 1. The minimum Gasteiger partial charge on any atom is -0.497 e. The summed E-state index contributed by atoms with van der Waals surface area (Å²) < 4.78 is 22.0. The summed E-state index contributed by atoms with van der Waals surface area (Å²) >= 11 is 0. The molecule has 1 heterocycles. The number of fused-ring (bicyclic) bond motifs is 3. The first-order valence-corrected chi connectivity index (χ1v) is 9.62. The normalized spacial score (nSPS) is 10.9. The van der Waals surface area contributed by atoms with Crippen LogP contribution in [0.1, 0.15) is 12.0 Å². The van der Waals surface area contributed by atoms with Gasteiger partial charge in [-0.1, -0.05) is 18.2 Å². The smallest absolute Gasteiger partial charge is 0.224 e. The molecule has 6 heteroatoms. The van der Waals surface area contributed by atoms with Crippen LogP contribution in [0.5, 0.6) is 17.2 Å². The van der Waals surface area contributed by atoms with Crippen molar-refractivity contribution in [1.82, 2.24) is 0 Å². The summed E-state index contributed by atoms with van der Waals surface area (Å²) in [7, 11) is 4.79. The molecule has 0 radical (unpaired) electrons. The van der Waals surface area contributed by atoms with Crippen molar-refractivity contribution in [3.05, 3.63) is 60.2 Å². The molecule has 0 unspecified atom stereocenters. The van der Waals surface area contributed by atoms with Crippen molar-refractivity contribution in [2.75, 3.05) is 26.6 Å². The zero-order valence-electron chi connectivity index (χ0n) is 17.2. The predicted molar refractivity (Wildman–Crippen MR) is 117 cm³/mol. The van der Waals surface area contributed by atoms with E-state index < -0.39 is 0 Å². The van der Waals surface area contributed by atoms with Crippen LogP contribution in [0, 0.1) is 0 Å². The first-order valence-electron chi connectivity index (χ1n) is 9.62. The van der Waals surface area contributed by atoms with Gasteiger partial charge in [0.1, 0.15) is 28.4 Å². The maximum absolute atomic E-state index is 12.6. The van der Waals surface area contributed by atoms with Gasteiger partial charge in [0.05, 0.1) is 27.0 Å². The molecule has 0 saturated carbocycles. The van der Waals surface area contributed by atoms with Gasteiger partial charge in [0.25, 0.3) is 0 Å². The lowest BCUT2D eigenvalue weighted by molar-refractivity contribution is -0.116. The molecule has 1 N–H and O–H groups in total. The maximum Gasteiger partial charge on any atom is 0.224 e. The molecule has 0 saturated heterocycles. The number of rotatable bonds is 7. The third kappa shape index (κ3) is 3.89. The number of methoxy groups -OCH3 is 3. The molecule has 0 aliphatic heterocycles. The lowest BCUT2D eigenvalue weighted by Crippen LogP contribution is -2.13. The summed E-state index contributed by atoms with van der Waals surface area (Å²) in [6, 6.07) is 17.1. The van der Waals surface area contributed by atoms with Crippen LogP contribution in [0.25, 0.3) is 21.9 Å². The van der Waals surface area contributed by atoms with Crippen molar-refractivity contribution in [3.63, 3.8) is 0 Å². The Labute approximate surface area is 174 Å². The summed E-state index contributed by atoms with van der Waals surface area (Å²) in [6.07, 6.45) is 0.853. The Balaban J connectivity index is 1.53. The third-order valence-corrected chi connectivity index (χ3v) is 5.02. The van der Waals surface area contributed by atoms with Gasteiger partial charge in [-0.3, -0.25) is 4.79 Å². The Morgan fingerprint density at radius 2 is 1.60 bits per heavy atom. The van der Waals surface area contributed by atoms with E-state index in [4.69, 9.17) is 18.6 Å². The zero-order valence-corrected chi connectivity index (χ0v) is 17.2. The number of furan rings is 1. The molecule has 0 atom stereocenters. The minimum atomic E-state index is -0.120. The quantitative estimate of drug-likeness (QED) is 0.459. The summed E-state index contributed by atoms with van der Waals surface area (Å²) in [4.78, 5) is 12.6. The number of carbonyl (C=O) groups is 1. The molecule has 0 spiro atoms.